The highest BCUT2D eigenvalue weighted by molar-refractivity contribution is 5.97. The summed E-state index contributed by atoms with van der Waals surface area (Å²) in [7, 11) is 3.94. The third-order valence-corrected chi connectivity index (χ3v) is 6.95. The molecule has 0 aliphatic carbocycles. The molecule has 0 aliphatic rings. The Labute approximate surface area is 256 Å². The molecule has 10 nitrogen and oxygen atoms in total. The van der Waals surface area contributed by atoms with Gasteiger partial charge >= 0.3 is 0 Å². The monoisotopic (exact) mass is 589 g/mol. The average Bonchev–Trinajstić information content (AvgIpc) is 3.59. The normalized spacial score (nSPS) is 11.7. The van der Waals surface area contributed by atoms with Crippen molar-refractivity contribution in [2.45, 2.75) is 25.7 Å². The van der Waals surface area contributed by atoms with Gasteiger partial charge in [-0.1, -0.05) is 91.0 Å². The molecule has 2 amide bonds. The van der Waals surface area contributed by atoms with E-state index in [0.29, 0.717) is 24.5 Å². The number of benzene rings is 4. The first-order valence-corrected chi connectivity index (χ1v) is 14.3. The molecule has 1 atom stereocenters. The van der Waals surface area contributed by atoms with Crippen LogP contribution in [-0.4, -0.2) is 64.1 Å². The minimum atomic E-state index is -0.884. The van der Waals surface area contributed by atoms with E-state index in [2.05, 4.69) is 31.3 Å². The van der Waals surface area contributed by atoms with Crippen molar-refractivity contribution >= 4 is 11.8 Å². The van der Waals surface area contributed by atoms with Crippen molar-refractivity contribution in [2.24, 2.45) is 0 Å². The van der Waals surface area contributed by atoms with Crippen LogP contribution in [0.1, 0.15) is 27.0 Å². The maximum atomic E-state index is 13.4. The molecular weight excluding hydrogens is 554 g/mol. The van der Waals surface area contributed by atoms with Crippen molar-refractivity contribution in [1.29, 1.82) is 0 Å². The Morgan fingerprint density at radius 3 is 2.30 bits per heavy atom. The molecule has 44 heavy (non-hydrogen) atoms. The van der Waals surface area contributed by atoms with Crippen molar-refractivity contribution in [1.82, 2.24) is 36.2 Å². The van der Waals surface area contributed by atoms with Crippen LogP contribution in [0.2, 0.25) is 0 Å². The molecule has 1 aromatic heterocycles. The number of H-pyrrole nitrogens is 1. The maximum Gasteiger partial charge on any atom is 0.252 e. The van der Waals surface area contributed by atoms with Crippen LogP contribution in [0, 0.1) is 0 Å². The van der Waals surface area contributed by atoms with Crippen molar-refractivity contribution in [3.63, 3.8) is 0 Å². The summed E-state index contributed by atoms with van der Waals surface area (Å²) in [5, 5.41) is 20.2. The van der Waals surface area contributed by atoms with Gasteiger partial charge in [0, 0.05) is 24.2 Å². The van der Waals surface area contributed by atoms with Gasteiger partial charge in [-0.3, -0.25) is 9.59 Å². The van der Waals surface area contributed by atoms with Crippen LogP contribution in [0.3, 0.4) is 0 Å². The van der Waals surface area contributed by atoms with E-state index in [4.69, 9.17) is 4.74 Å². The molecule has 224 valence electrons. The highest BCUT2D eigenvalue weighted by Gasteiger charge is 2.22. The van der Waals surface area contributed by atoms with Gasteiger partial charge in [0.15, 0.2) is 0 Å². The number of carbonyl (C=O) groups excluding carboxylic acids is 2. The van der Waals surface area contributed by atoms with Gasteiger partial charge in [-0.15, -0.1) is 10.2 Å². The van der Waals surface area contributed by atoms with Crippen LogP contribution in [0.5, 0.6) is 0 Å². The Kier molecular flexibility index (Phi) is 10.2. The third kappa shape index (κ3) is 8.21. The molecule has 0 bridgehead atoms. The van der Waals surface area contributed by atoms with Crippen LogP contribution < -0.4 is 10.6 Å². The van der Waals surface area contributed by atoms with Crippen molar-refractivity contribution in [3.8, 4) is 22.5 Å². The zero-order valence-electron chi connectivity index (χ0n) is 24.7. The number of nitrogens with zero attached hydrogens (tertiary/aromatic N) is 4. The first kappa shape index (κ1) is 30.3. The van der Waals surface area contributed by atoms with Gasteiger partial charge in [-0.25, -0.2) is 0 Å². The molecule has 0 saturated heterocycles. The van der Waals surface area contributed by atoms with Crippen LogP contribution in [0.25, 0.3) is 22.5 Å². The summed E-state index contributed by atoms with van der Waals surface area (Å²) in [6, 6.07) is 31.9. The summed E-state index contributed by atoms with van der Waals surface area (Å²) in [5.41, 5.74) is 6.20. The molecule has 0 fully saturated rings. The topological polar surface area (TPSA) is 125 Å². The molecule has 4 aromatic carbocycles. The van der Waals surface area contributed by atoms with E-state index in [1.165, 1.54) is 0 Å². The summed E-state index contributed by atoms with van der Waals surface area (Å²) < 4.78 is 5.88. The molecule has 5 aromatic rings. The number of amides is 2. The Bertz CT molecular complexity index is 1660. The molecule has 5 rings (SSSR count). The molecule has 3 N–H and O–H groups in total. The number of rotatable bonds is 13. The molecule has 1 heterocycles. The quantitative estimate of drug-likeness (QED) is 0.188. The molecular formula is C34H35N7O3. The van der Waals surface area contributed by atoms with Crippen LogP contribution in [0.4, 0.5) is 0 Å². The number of aromatic nitrogens is 4. The number of hydrogen-bond donors (Lipinski definition) is 3. The van der Waals surface area contributed by atoms with Gasteiger partial charge in [-0.2, -0.15) is 5.21 Å². The Morgan fingerprint density at radius 2 is 1.57 bits per heavy atom. The lowest BCUT2D eigenvalue weighted by Gasteiger charge is -2.19. The highest BCUT2D eigenvalue weighted by atomic mass is 16.5. The van der Waals surface area contributed by atoms with E-state index in [1.54, 1.807) is 6.07 Å². The number of aromatic amines is 1. The number of tetrazole rings is 1. The second-order valence-electron chi connectivity index (χ2n) is 10.7. The standard InChI is InChI=1S/C34H35N7O3/c1-41(2)21-26-11-8-12-28(19-26)33(42)36-31(23-44-22-25-9-4-3-5-10-25)34(43)35-20-24-15-17-27(18-16-24)29-13-6-7-14-30(29)32-37-39-40-38-32/h3-19,31H,20-23H2,1-2H3,(H,35,43)(H,36,42)(H,37,38,39,40). The van der Waals surface area contributed by atoms with Gasteiger partial charge in [0.05, 0.1) is 13.2 Å². The second-order valence-corrected chi connectivity index (χ2v) is 10.7. The van der Waals surface area contributed by atoms with Gasteiger partial charge in [0.25, 0.3) is 5.91 Å². The molecule has 0 saturated carbocycles. The fraction of sp³-hybridized carbons (Fsp3) is 0.206. The maximum absolute atomic E-state index is 13.4. The van der Waals surface area contributed by atoms with Crippen molar-refractivity contribution in [2.75, 3.05) is 20.7 Å². The van der Waals surface area contributed by atoms with E-state index in [0.717, 1.165) is 33.4 Å². The predicted molar refractivity (Wildman–Crippen MR) is 168 cm³/mol. The third-order valence-electron chi connectivity index (χ3n) is 6.95. The number of nitrogens with one attached hydrogen (secondary N) is 3. The molecule has 0 aliphatic heterocycles. The summed E-state index contributed by atoms with van der Waals surface area (Å²) in [5.74, 6) is -0.148. The molecule has 0 radical (unpaired) electrons. The largest absolute Gasteiger partial charge is 0.374 e. The summed E-state index contributed by atoms with van der Waals surface area (Å²) in [6.07, 6.45) is 0. The summed E-state index contributed by atoms with van der Waals surface area (Å²) in [6.45, 7) is 1.34. The van der Waals surface area contributed by atoms with E-state index < -0.39 is 6.04 Å². The number of hydrogen-bond acceptors (Lipinski definition) is 7. The Balaban J connectivity index is 1.25. The van der Waals surface area contributed by atoms with E-state index >= 15 is 0 Å². The first-order valence-electron chi connectivity index (χ1n) is 14.3. The SMILES string of the molecule is CN(C)Cc1cccc(C(=O)NC(COCc2ccccc2)C(=O)NCc2ccc(-c3ccccc3-c3nn[nH]n3)cc2)c1. The minimum absolute atomic E-state index is 0.0235. The van der Waals surface area contributed by atoms with Crippen LogP contribution in [-0.2, 0) is 29.2 Å². The first-order chi connectivity index (χ1) is 21.5. The second kappa shape index (κ2) is 14.8. The van der Waals surface area contributed by atoms with Gasteiger partial charge in [-0.05, 0) is 59.3 Å². The molecule has 1 unspecified atom stereocenters. The lowest BCUT2D eigenvalue weighted by atomic mass is 9.98. The van der Waals surface area contributed by atoms with Gasteiger partial charge < -0.3 is 20.3 Å². The smallest absolute Gasteiger partial charge is 0.252 e. The number of ether oxygens (including phenoxy) is 1. The van der Waals surface area contributed by atoms with Gasteiger partial charge in [0.2, 0.25) is 11.7 Å². The minimum Gasteiger partial charge on any atom is -0.374 e. The lowest BCUT2D eigenvalue weighted by Crippen LogP contribution is -2.49. The Hall–Kier alpha value is -5.19. The number of carbonyl (C=O) groups is 2. The zero-order valence-corrected chi connectivity index (χ0v) is 24.7. The molecule has 10 heteroatoms. The van der Waals surface area contributed by atoms with Crippen molar-refractivity contribution in [3.05, 3.63) is 125 Å². The van der Waals surface area contributed by atoms with Crippen LogP contribution >= 0.6 is 0 Å². The predicted octanol–water partition coefficient (Wildman–Crippen LogP) is 4.23. The van der Waals surface area contributed by atoms with Crippen molar-refractivity contribution < 1.29 is 14.3 Å². The summed E-state index contributed by atoms with van der Waals surface area (Å²) >= 11 is 0. The van der Waals surface area contributed by atoms with E-state index in [-0.39, 0.29) is 25.0 Å². The average molecular weight is 590 g/mol. The fourth-order valence-electron chi connectivity index (χ4n) is 4.79. The van der Waals surface area contributed by atoms with Crippen LogP contribution in [0.15, 0.2) is 103 Å². The Morgan fingerprint density at radius 1 is 0.841 bits per heavy atom. The molecule has 0 spiro atoms. The fourth-order valence-corrected chi connectivity index (χ4v) is 4.79. The highest BCUT2D eigenvalue weighted by Crippen LogP contribution is 2.29. The zero-order chi connectivity index (χ0) is 30.7. The van der Waals surface area contributed by atoms with Gasteiger partial charge in [0.1, 0.15) is 6.04 Å². The van der Waals surface area contributed by atoms with E-state index in [1.807, 2.05) is 116 Å². The van der Waals surface area contributed by atoms with E-state index in [9.17, 15) is 9.59 Å². The summed E-state index contributed by atoms with van der Waals surface area (Å²) in [4.78, 5) is 28.6. The lowest BCUT2D eigenvalue weighted by molar-refractivity contribution is -0.124.